The third-order valence-electron chi connectivity index (χ3n) is 3.39. The molecule has 0 aliphatic heterocycles. The van der Waals surface area contributed by atoms with Crippen molar-refractivity contribution in [1.82, 2.24) is 5.32 Å². The Morgan fingerprint density at radius 3 is 2.42 bits per heavy atom. The molecule has 124 valence electrons. The van der Waals surface area contributed by atoms with Gasteiger partial charge >= 0.3 is 6.03 Å². The number of carbonyl (C=O) groups is 1. The van der Waals surface area contributed by atoms with Crippen molar-refractivity contribution >= 4 is 11.7 Å². The minimum atomic E-state index is -1.20. The molecule has 0 saturated carbocycles. The number of nitrogens with one attached hydrogen (secondary N) is 2. The number of nitrogens with zero attached hydrogens (tertiary/aromatic N) is 1. The summed E-state index contributed by atoms with van der Waals surface area (Å²) in [7, 11) is 0. The minimum Gasteiger partial charge on any atom is -0.386 e. The van der Waals surface area contributed by atoms with Gasteiger partial charge in [-0.05, 0) is 48.9 Å². The van der Waals surface area contributed by atoms with E-state index in [1.54, 1.807) is 24.3 Å². The quantitative estimate of drug-likeness (QED) is 0.805. The zero-order valence-corrected chi connectivity index (χ0v) is 12.8. The van der Waals surface area contributed by atoms with Gasteiger partial charge in [0.2, 0.25) is 0 Å². The number of aliphatic hydroxyl groups is 1. The van der Waals surface area contributed by atoms with E-state index in [2.05, 4.69) is 10.6 Å². The molecule has 5 nitrogen and oxygen atoms in total. The van der Waals surface area contributed by atoms with E-state index in [9.17, 15) is 18.7 Å². The summed E-state index contributed by atoms with van der Waals surface area (Å²) in [5, 5.41) is 23.9. The second kappa shape index (κ2) is 7.53. The summed E-state index contributed by atoms with van der Waals surface area (Å²) in [5.74, 6) is -2.08. The zero-order valence-electron chi connectivity index (χ0n) is 12.8. The molecule has 2 amide bonds. The fourth-order valence-electron chi connectivity index (χ4n) is 2.07. The second-order valence-corrected chi connectivity index (χ2v) is 5.19. The lowest BCUT2D eigenvalue weighted by Gasteiger charge is -2.21. The molecule has 0 bridgehead atoms. The number of anilines is 1. The first-order valence-electron chi connectivity index (χ1n) is 7.11. The van der Waals surface area contributed by atoms with Crippen LogP contribution in [0.15, 0.2) is 42.5 Å². The third-order valence-corrected chi connectivity index (χ3v) is 3.39. The van der Waals surface area contributed by atoms with E-state index < -0.39 is 29.8 Å². The molecule has 2 atom stereocenters. The molecular formula is C17H15F2N3O2. The van der Waals surface area contributed by atoms with Gasteiger partial charge in [-0.15, -0.1) is 0 Å². The summed E-state index contributed by atoms with van der Waals surface area (Å²) in [5.41, 5.74) is 1.09. The van der Waals surface area contributed by atoms with E-state index in [4.69, 9.17) is 5.26 Å². The van der Waals surface area contributed by atoms with Crippen molar-refractivity contribution in [1.29, 1.82) is 5.26 Å². The van der Waals surface area contributed by atoms with E-state index >= 15 is 0 Å². The van der Waals surface area contributed by atoms with Gasteiger partial charge in [0.25, 0.3) is 0 Å². The number of aliphatic hydroxyl groups excluding tert-OH is 1. The maximum atomic E-state index is 13.2. The largest absolute Gasteiger partial charge is 0.386 e. The highest BCUT2D eigenvalue weighted by molar-refractivity contribution is 5.89. The summed E-state index contributed by atoms with van der Waals surface area (Å²) in [6.07, 6.45) is -1.20. The zero-order chi connectivity index (χ0) is 17.7. The lowest BCUT2D eigenvalue weighted by Crippen LogP contribution is -2.39. The van der Waals surface area contributed by atoms with Crippen LogP contribution in [0.4, 0.5) is 19.3 Å². The second-order valence-electron chi connectivity index (χ2n) is 5.19. The van der Waals surface area contributed by atoms with Crippen LogP contribution in [-0.2, 0) is 0 Å². The van der Waals surface area contributed by atoms with Gasteiger partial charge in [-0.1, -0.05) is 6.07 Å². The standard InChI is InChI=1S/C17H15F2N3O2/c1-10(16(23)12-4-7-14(18)15(19)8-12)21-17(24)22-13-5-2-11(9-20)3-6-13/h2-8,10,16,23H,1H3,(H2,21,22,24). The summed E-state index contributed by atoms with van der Waals surface area (Å²) in [6, 6.07) is 9.92. The number of carbonyl (C=O) groups excluding carboxylic acids is 1. The highest BCUT2D eigenvalue weighted by Gasteiger charge is 2.19. The van der Waals surface area contributed by atoms with Gasteiger partial charge < -0.3 is 15.7 Å². The first kappa shape index (κ1) is 17.4. The lowest BCUT2D eigenvalue weighted by molar-refractivity contribution is 0.138. The number of urea groups is 1. The van der Waals surface area contributed by atoms with Crippen LogP contribution in [0.2, 0.25) is 0 Å². The Bertz CT molecular complexity index is 772. The molecule has 24 heavy (non-hydrogen) atoms. The number of halogens is 2. The average molecular weight is 331 g/mol. The Morgan fingerprint density at radius 2 is 1.83 bits per heavy atom. The van der Waals surface area contributed by atoms with Crippen LogP contribution in [0.25, 0.3) is 0 Å². The van der Waals surface area contributed by atoms with Crippen LogP contribution >= 0.6 is 0 Å². The van der Waals surface area contributed by atoms with E-state index in [1.807, 2.05) is 6.07 Å². The highest BCUT2D eigenvalue weighted by Crippen LogP contribution is 2.19. The summed E-state index contributed by atoms with van der Waals surface area (Å²) in [6.45, 7) is 1.53. The molecule has 0 aromatic heterocycles. The molecule has 0 heterocycles. The Hall–Kier alpha value is -2.98. The fraction of sp³-hybridized carbons (Fsp3) is 0.176. The van der Waals surface area contributed by atoms with Crippen molar-refractivity contribution in [2.24, 2.45) is 0 Å². The summed E-state index contributed by atoms with van der Waals surface area (Å²) < 4.78 is 26.1. The normalized spacial score (nSPS) is 12.8. The molecule has 0 saturated heterocycles. The topological polar surface area (TPSA) is 85.2 Å². The SMILES string of the molecule is CC(NC(=O)Nc1ccc(C#N)cc1)C(O)c1ccc(F)c(F)c1. The molecule has 2 unspecified atom stereocenters. The smallest absolute Gasteiger partial charge is 0.319 e. The molecule has 3 N–H and O–H groups in total. The molecule has 0 fully saturated rings. The maximum Gasteiger partial charge on any atom is 0.319 e. The van der Waals surface area contributed by atoms with Crippen molar-refractivity contribution in [3.63, 3.8) is 0 Å². The van der Waals surface area contributed by atoms with Gasteiger partial charge in [-0.25, -0.2) is 13.6 Å². The van der Waals surface area contributed by atoms with Gasteiger partial charge in [0.1, 0.15) is 0 Å². The molecule has 0 aliphatic carbocycles. The first-order valence-corrected chi connectivity index (χ1v) is 7.11. The van der Waals surface area contributed by atoms with Gasteiger partial charge in [0.05, 0.1) is 23.8 Å². The minimum absolute atomic E-state index is 0.153. The van der Waals surface area contributed by atoms with Gasteiger partial charge in [-0.2, -0.15) is 5.26 Å². The maximum absolute atomic E-state index is 13.2. The van der Waals surface area contributed by atoms with Crippen LogP contribution in [0.5, 0.6) is 0 Å². The number of hydrogen-bond donors (Lipinski definition) is 3. The van der Waals surface area contributed by atoms with Crippen LogP contribution in [0, 0.1) is 23.0 Å². The number of nitriles is 1. The predicted octanol–water partition coefficient (Wildman–Crippen LogP) is 3.08. The fourth-order valence-corrected chi connectivity index (χ4v) is 2.07. The van der Waals surface area contributed by atoms with Crippen molar-refractivity contribution in [2.75, 3.05) is 5.32 Å². The van der Waals surface area contributed by atoms with Crippen molar-refractivity contribution < 1.29 is 18.7 Å². The van der Waals surface area contributed by atoms with Crippen LogP contribution < -0.4 is 10.6 Å². The Labute approximate surface area is 137 Å². The van der Waals surface area contributed by atoms with Gasteiger partial charge in [-0.3, -0.25) is 0 Å². The number of hydrogen-bond acceptors (Lipinski definition) is 3. The Kier molecular flexibility index (Phi) is 5.45. The highest BCUT2D eigenvalue weighted by atomic mass is 19.2. The monoisotopic (exact) mass is 331 g/mol. The van der Waals surface area contributed by atoms with E-state index in [1.165, 1.54) is 13.0 Å². The Morgan fingerprint density at radius 1 is 1.17 bits per heavy atom. The third kappa shape index (κ3) is 4.27. The van der Waals surface area contributed by atoms with Crippen molar-refractivity contribution in [2.45, 2.75) is 19.1 Å². The summed E-state index contributed by atoms with van der Waals surface area (Å²) >= 11 is 0. The first-order chi connectivity index (χ1) is 11.4. The van der Waals surface area contributed by atoms with Crippen LogP contribution in [-0.4, -0.2) is 17.2 Å². The summed E-state index contributed by atoms with van der Waals surface area (Å²) in [4.78, 5) is 11.9. The lowest BCUT2D eigenvalue weighted by atomic mass is 10.0. The Balaban J connectivity index is 1.97. The molecule has 2 aromatic rings. The molecule has 0 radical (unpaired) electrons. The molecular weight excluding hydrogens is 316 g/mol. The molecule has 2 aromatic carbocycles. The predicted molar refractivity (Wildman–Crippen MR) is 84.1 cm³/mol. The molecule has 0 spiro atoms. The molecule has 0 aliphatic rings. The average Bonchev–Trinajstić information content (AvgIpc) is 2.57. The molecule has 7 heteroatoms. The molecule has 2 rings (SSSR count). The van der Waals surface area contributed by atoms with Crippen LogP contribution in [0.3, 0.4) is 0 Å². The van der Waals surface area contributed by atoms with Gasteiger partial charge in [0, 0.05) is 5.69 Å². The number of benzene rings is 2. The van der Waals surface area contributed by atoms with E-state index in [-0.39, 0.29) is 5.56 Å². The van der Waals surface area contributed by atoms with Gasteiger partial charge in [0.15, 0.2) is 11.6 Å². The van der Waals surface area contributed by atoms with Crippen molar-refractivity contribution in [3.8, 4) is 6.07 Å². The number of amides is 2. The van der Waals surface area contributed by atoms with E-state index in [0.717, 1.165) is 12.1 Å². The van der Waals surface area contributed by atoms with Crippen LogP contribution in [0.1, 0.15) is 24.2 Å². The van der Waals surface area contributed by atoms with E-state index in [0.29, 0.717) is 11.3 Å². The number of rotatable bonds is 4. The van der Waals surface area contributed by atoms with Crippen molar-refractivity contribution in [3.05, 3.63) is 65.2 Å².